The Balaban J connectivity index is 2.62. The van der Waals surface area contributed by atoms with Gasteiger partial charge in [-0.1, -0.05) is 11.6 Å². The zero-order valence-corrected chi connectivity index (χ0v) is 11.6. The van der Waals surface area contributed by atoms with E-state index in [4.69, 9.17) is 16.7 Å². The van der Waals surface area contributed by atoms with Crippen molar-refractivity contribution in [2.45, 2.75) is 32.7 Å². The van der Waals surface area contributed by atoms with E-state index in [-0.39, 0.29) is 18.4 Å². The molecule has 0 saturated heterocycles. The van der Waals surface area contributed by atoms with Gasteiger partial charge in [-0.25, -0.2) is 0 Å². The monoisotopic (exact) mass is 284 g/mol. The summed E-state index contributed by atoms with van der Waals surface area (Å²) in [4.78, 5) is 21.4. The molecule has 1 aromatic rings. The van der Waals surface area contributed by atoms with Crippen molar-refractivity contribution >= 4 is 34.9 Å². The minimum atomic E-state index is -0.812. The second-order valence-electron chi connectivity index (χ2n) is 4.35. The first kappa shape index (κ1) is 15.3. The topological polar surface area (TPSA) is 78.4 Å². The Hall–Kier alpha value is -1.75. The van der Waals surface area contributed by atoms with Gasteiger partial charge in [0.15, 0.2) is 0 Å². The Labute approximate surface area is 117 Å². The van der Waals surface area contributed by atoms with E-state index in [1.807, 2.05) is 6.92 Å². The quantitative estimate of drug-likeness (QED) is 0.750. The van der Waals surface area contributed by atoms with Crippen molar-refractivity contribution < 1.29 is 14.7 Å². The number of hydrogen-bond acceptors (Lipinski definition) is 3. The Bertz CT molecular complexity index is 477. The van der Waals surface area contributed by atoms with Crippen LogP contribution in [0.15, 0.2) is 18.2 Å². The maximum Gasteiger partial charge on any atom is 0.303 e. The van der Waals surface area contributed by atoms with Gasteiger partial charge >= 0.3 is 5.97 Å². The van der Waals surface area contributed by atoms with Gasteiger partial charge in [0.1, 0.15) is 0 Å². The number of rotatable bonds is 6. The van der Waals surface area contributed by atoms with E-state index in [2.05, 4.69) is 10.6 Å². The number of nitrogens with one attached hydrogen (secondary N) is 2. The highest BCUT2D eigenvalue weighted by atomic mass is 35.5. The fraction of sp³-hybridized carbons (Fsp3) is 0.385. The average Bonchev–Trinajstić information content (AvgIpc) is 2.29. The highest BCUT2D eigenvalue weighted by Gasteiger charge is 2.07. The molecule has 6 heteroatoms. The Morgan fingerprint density at radius 1 is 1.42 bits per heavy atom. The predicted octanol–water partition coefficient (Wildman–Crippen LogP) is 2.96. The fourth-order valence-corrected chi connectivity index (χ4v) is 1.82. The SMILES string of the molecule is CC(=O)Nc1ccc(NC(C)CCC(=O)O)cc1Cl. The zero-order valence-electron chi connectivity index (χ0n) is 10.9. The van der Waals surface area contributed by atoms with E-state index >= 15 is 0 Å². The van der Waals surface area contributed by atoms with E-state index in [9.17, 15) is 9.59 Å². The van der Waals surface area contributed by atoms with Crippen molar-refractivity contribution in [2.24, 2.45) is 0 Å². The number of carboxylic acid groups (broad SMARTS) is 1. The molecule has 0 heterocycles. The number of carboxylic acids is 1. The van der Waals surface area contributed by atoms with Gasteiger partial charge in [0, 0.05) is 25.1 Å². The molecule has 0 fully saturated rings. The van der Waals surface area contributed by atoms with Crippen molar-refractivity contribution in [3.63, 3.8) is 0 Å². The van der Waals surface area contributed by atoms with Crippen molar-refractivity contribution in [1.29, 1.82) is 0 Å². The number of benzene rings is 1. The van der Waals surface area contributed by atoms with Crippen LogP contribution in [0.3, 0.4) is 0 Å². The van der Waals surface area contributed by atoms with Gasteiger partial charge in [0.2, 0.25) is 5.91 Å². The van der Waals surface area contributed by atoms with Crippen LogP contribution < -0.4 is 10.6 Å². The smallest absolute Gasteiger partial charge is 0.303 e. The first-order valence-electron chi connectivity index (χ1n) is 5.94. The number of carbonyl (C=O) groups is 2. The summed E-state index contributed by atoms with van der Waals surface area (Å²) in [6.07, 6.45) is 0.645. The van der Waals surface area contributed by atoms with Gasteiger partial charge in [-0.2, -0.15) is 0 Å². The molecular weight excluding hydrogens is 268 g/mol. The second kappa shape index (κ2) is 6.99. The molecular formula is C13H17ClN2O3. The number of amides is 1. The third kappa shape index (κ3) is 5.61. The molecule has 3 N–H and O–H groups in total. The molecule has 0 saturated carbocycles. The summed E-state index contributed by atoms with van der Waals surface area (Å²) in [6.45, 7) is 3.31. The number of halogens is 1. The highest BCUT2D eigenvalue weighted by molar-refractivity contribution is 6.34. The van der Waals surface area contributed by atoms with Crippen LogP contribution in [0.4, 0.5) is 11.4 Å². The van der Waals surface area contributed by atoms with Crippen LogP contribution in [0.2, 0.25) is 5.02 Å². The Morgan fingerprint density at radius 2 is 2.11 bits per heavy atom. The van der Waals surface area contributed by atoms with Crippen LogP contribution in [0.25, 0.3) is 0 Å². The summed E-state index contributed by atoms with van der Waals surface area (Å²) in [6, 6.07) is 5.22. The lowest BCUT2D eigenvalue weighted by molar-refractivity contribution is -0.137. The lowest BCUT2D eigenvalue weighted by atomic mass is 10.1. The van der Waals surface area contributed by atoms with Gasteiger partial charge in [-0.15, -0.1) is 0 Å². The third-order valence-electron chi connectivity index (χ3n) is 2.48. The van der Waals surface area contributed by atoms with Crippen molar-refractivity contribution in [2.75, 3.05) is 10.6 Å². The molecule has 104 valence electrons. The van der Waals surface area contributed by atoms with Crippen LogP contribution in [0.5, 0.6) is 0 Å². The molecule has 0 bridgehead atoms. The Kier molecular flexibility index (Phi) is 5.63. The molecule has 0 aromatic heterocycles. The molecule has 0 aliphatic rings. The number of hydrogen-bond donors (Lipinski definition) is 3. The highest BCUT2D eigenvalue weighted by Crippen LogP contribution is 2.26. The lowest BCUT2D eigenvalue weighted by Gasteiger charge is -2.15. The minimum absolute atomic E-state index is 0.0267. The largest absolute Gasteiger partial charge is 0.481 e. The minimum Gasteiger partial charge on any atom is -0.481 e. The number of aliphatic carboxylic acids is 1. The normalized spacial score (nSPS) is 11.7. The maximum atomic E-state index is 10.9. The van der Waals surface area contributed by atoms with E-state index in [0.717, 1.165) is 5.69 Å². The van der Waals surface area contributed by atoms with Crippen molar-refractivity contribution in [1.82, 2.24) is 0 Å². The first-order valence-corrected chi connectivity index (χ1v) is 6.31. The summed E-state index contributed by atoms with van der Waals surface area (Å²) < 4.78 is 0. The summed E-state index contributed by atoms with van der Waals surface area (Å²) in [5.41, 5.74) is 1.34. The molecule has 1 atom stereocenters. The second-order valence-corrected chi connectivity index (χ2v) is 4.76. The maximum absolute atomic E-state index is 10.9. The summed E-state index contributed by atoms with van der Waals surface area (Å²) in [5, 5.41) is 14.8. The van der Waals surface area contributed by atoms with Crippen molar-refractivity contribution in [3.8, 4) is 0 Å². The number of carbonyl (C=O) groups excluding carboxylic acids is 1. The lowest BCUT2D eigenvalue weighted by Crippen LogP contribution is -2.16. The number of anilines is 2. The molecule has 0 spiro atoms. The molecule has 1 rings (SSSR count). The van der Waals surface area contributed by atoms with Crippen LogP contribution in [-0.2, 0) is 9.59 Å². The summed E-state index contributed by atoms with van der Waals surface area (Å²) in [5.74, 6) is -0.995. The molecule has 0 aliphatic carbocycles. The van der Waals surface area contributed by atoms with Gasteiger partial charge < -0.3 is 15.7 Å². The zero-order chi connectivity index (χ0) is 14.4. The fourth-order valence-electron chi connectivity index (χ4n) is 1.59. The molecule has 1 unspecified atom stereocenters. The van der Waals surface area contributed by atoms with E-state index in [1.165, 1.54) is 6.92 Å². The predicted molar refractivity (Wildman–Crippen MR) is 75.7 cm³/mol. The van der Waals surface area contributed by atoms with E-state index in [0.29, 0.717) is 17.1 Å². The summed E-state index contributed by atoms with van der Waals surface area (Å²) >= 11 is 6.04. The van der Waals surface area contributed by atoms with Crippen LogP contribution in [-0.4, -0.2) is 23.0 Å². The summed E-state index contributed by atoms with van der Waals surface area (Å²) in [7, 11) is 0. The molecule has 5 nitrogen and oxygen atoms in total. The van der Waals surface area contributed by atoms with Gasteiger partial charge in [-0.05, 0) is 31.5 Å². The van der Waals surface area contributed by atoms with E-state index < -0.39 is 5.97 Å². The van der Waals surface area contributed by atoms with Gasteiger partial charge in [0.25, 0.3) is 0 Å². The first-order chi connectivity index (χ1) is 8.88. The molecule has 0 aliphatic heterocycles. The van der Waals surface area contributed by atoms with Crippen LogP contribution in [0, 0.1) is 0 Å². The molecule has 1 aromatic carbocycles. The third-order valence-corrected chi connectivity index (χ3v) is 2.80. The molecule has 19 heavy (non-hydrogen) atoms. The molecule has 1 amide bonds. The van der Waals surface area contributed by atoms with Crippen LogP contribution >= 0.6 is 11.6 Å². The van der Waals surface area contributed by atoms with Crippen LogP contribution in [0.1, 0.15) is 26.7 Å². The van der Waals surface area contributed by atoms with E-state index in [1.54, 1.807) is 18.2 Å². The Morgan fingerprint density at radius 3 is 2.63 bits per heavy atom. The van der Waals surface area contributed by atoms with Crippen molar-refractivity contribution in [3.05, 3.63) is 23.2 Å². The van der Waals surface area contributed by atoms with Gasteiger partial charge in [-0.3, -0.25) is 9.59 Å². The average molecular weight is 285 g/mol. The molecule has 0 radical (unpaired) electrons. The van der Waals surface area contributed by atoms with Gasteiger partial charge in [0.05, 0.1) is 10.7 Å². The standard InChI is InChI=1S/C13H17ClN2O3/c1-8(3-6-13(18)19)15-10-4-5-12(11(14)7-10)16-9(2)17/h4-5,7-8,15H,3,6H2,1-2H3,(H,16,17)(H,18,19).